The van der Waals surface area contributed by atoms with Crippen LogP contribution in [0.2, 0.25) is 10.0 Å². The molecular weight excluding hydrogens is 405 g/mol. The first-order valence-corrected chi connectivity index (χ1v) is 9.50. The van der Waals surface area contributed by atoms with Gasteiger partial charge in [-0.15, -0.1) is 0 Å². The Hall–Kier alpha value is -2.44. The lowest BCUT2D eigenvalue weighted by molar-refractivity contribution is -0.139. The van der Waals surface area contributed by atoms with Crippen molar-refractivity contribution in [3.63, 3.8) is 0 Å². The number of ether oxygens (including phenoxy) is 2. The summed E-state index contributed by atoms with van der Waals surface area (Å²) in [6.45, 7) is -0.558. The van der Waals surface area contributed by atoms with Gasteiger partial charge in [-0.1, -0.05) is 23.2 Å². The molecule has 1 aliphatic carbocycles. The van der Waals surface area contributed by atoms with Crippen molar-refractivity contribution in [1.82, 2.24) is 5.32 Å². The second-order valence-corrected chi connectivity index (χ2v) is 7.37. The predicted molar refractivity (Wildman–Crippen MR) is 106 cm³/mol. The van der Waals surface area contributed by atoms with Crippen LogP contribution in [0.15, 0.2) is 36.4 Å². The molecule has 3 rings (SSSR count). The molecule has 0 bridgehead atoms. The fourth-order valence-corrected chi connectivity index (χ4v) is 3.03. The van der Waals surface area contributed by atoms with Crippen LogP contribution in [0.25, 0.3) is 0 Å². The highest BCUT2D eigenvalue weighted by atomic mass is 35.5. The highest BCUT2D eigenvalue weighted by molar-refractivity contribution is 6.31. The smallest absolute Gasteiger partial charge is 0.341 e. The Labute approximate surface area is 172 Å². The van der Waals surface area contributed by atoms with Crippen LogP contribution in [0.5, 0.6) is 11.5 Å². The van der Waals surface area contributed by atoms with Gasteiger partial charge in [0.05, 0.1) is 0 Å². The molecule has 0 saturated heterocycles. The summed E-state index contributed by atoms with van der Waals surface area (Å²) in [5.41, 5.74) is 1.41. The zero-order chi connectivity index (χ0) is 20.1. The number of benzene rings is 2. The van der Waals surface area contributed by atoms with Gasteiger partial charge >= 0.3 is 5.97 Å². The average molecular weight is 424 g/mol. The van der Waals surface area contributed by atoms with Crippen molar-refractivity contribution >= 4 is 35.1 Å². The van der Waals surface area contributed by atoms with Gasteiger partial charge in [0.1, 0.15) is 11.5 Å². The van der Waals surface area contributed by atoms with Gasteiger partial charge in [-0.05, 0) is 49.2 Å². The highest BCUT2D eigenvalue weighted by Gasteiger charge is 2.23. The zero-order valence-electron chi connectivity index (χ0n) is 14.9. The van der Waals surface area contributed by atoms with E-state index in [2.05, 4.69) is 5.32 Å². The number of hydrogen-bond donors (Lipinski definition) is 2. The molecule has 28 heavy (non-hydrogen) atoms. The van der Waals surface area contributed by atoms with Crippen molar-refractivity contribution in [1.29, 1.82) is 0 Å². The third-order valence-electron chi connectivity index (χ3n) is 4.08. The van der Waals surface area contributed by atoms with Crippen molar-refractivity contribution in [3.8, 4) is 11.5 Å². The summed E-state index contributed by atoms with van der Waals surface area (Å²) in [6, 6.07) is 10.3. The standard InChI is InChI=1S/C20H19Cl2NO5/c21-14-1-5-17(27-10-19(24)23-16-3-4-16)12(8-14)7-13-9-15(22)2-6-18(13)28-11-20(25)26/h1-2,5-6,8-9,16H,3-4,7,10-11H2,(H,23,24)(H,25,26). The number of carbonyl (C=O) groups is 2. The molecule has 0 atom stereocenters. The molecule has 1 saturated carbocycles. The van der Waals surface area contributed by atoms with Crippen LogP contribution in [0, 0.1) is 0 Å². The molecule has 0 aliphatic heterocycles. The van der Waals surface area contributed by atoms with Gasteiger partial charge in [0.2, 0.25) is 0 Å². The summed E-state index contributed by atoms with van der Waals surface area (Å²) in [5, 5.41) is 12.7. The van der Waals surface area contributed by atoms with Crippen LogP contribution in [-0.2, 0) is 16.0 Å². The monoisotopic (exact) mass is 423 g/mol. The Kier molecular flexibility index (Phi) is 6.65. The maximum Gasteiger partial charge on any atom is 0.341 e. The highest BCUT2D eigenvalue weighted by Crippen LogP contribution is 2.31. The van der Waals surface area contributed by atoms with Crippen LogP contribution < -0.4 is 14.8 Å². The number of rotatable bonds is 9. The van der Waals surface area contributed by atoms with E-state index in [-0.39, 0.29) is 18.6 Å². The Balaban J connectivity index is 1.77. The molecule has 0 spiro atoms. The van der Waals surface area contributed by atoms with Gasteiger partial charge in [-0.25, -0.2) is 4.79 Å². The van der Waals surface area contributed by atoms with Crippen LogP contribution in [0.4, 0.5) is 0 Å². The maximum atomic E-state index is 11.9. The van der Waals surface area contributed by atoms with Gasteiger partial charge in [0, 0.05) is 33.6 Å². The van der Waals surface area contributed by atoms with Crippen molar-refractivity contribution in [2.45, 2.75) is 25.3 Å². The first kappa shape index (κ1) is 20.3. The van der Waals surface area contributed by atoms with Gasteiger partial charge in [0.15, 0.2) is 13.2 Å². The van der Waals surface area contributed by atoms with Gasteiger partial charge < -0.3 is 19.9 Å². The van der Waals surface area contributed by atoms with E-state index < -0.39 is 12.6 Å². The Bertz CT molecular complexity index is 883. The predicted octanol–water partition coefficient (Wildman–Crippen LogP) is 3.71. The summed E-state index contributed by atoms with van der Waals surface area (Å²) < 4.78 is 11.0. The number of hydrogen-bond acceptors (Lipinski definition) is 4. The molecule has 2 aromatic carbocycles. The molecular formula is C20H19Cl2NO5. The maximum absolute atomic E-state index is 11.9. The molecule has 2 aromatic rings. The number of carbonyl (C=O) groups excluding carboxylic acids is 1. The Morgan fingerprint density at radius 2 is 1.50 bits per heavy atom. The summed E-state index contributed by atoms with van der Waals surface area (Å²) in [5.74, 6) is -0.324. The van der Waals surface area contributed by atoms with Crippen LogP contribution in [0.3, 0.4) is 0 Å². The van der Waals surface area contributed by atoms with E-state index >= 15 is 0 Å². The number of nitrogens with one attached hydrogen (secondary N) is 1. The molecule has 0 heterocycles. The molecule has 1 amide bonds. The summed E-state index contributed by atoms with van der Waals surface area (Å²) >= 11 is 12.2. The molecule has 2 N–H and O–H groups in total. The summed E-state index contributed by atoms with van der Waals surface area (Å²) in [6.07, 6.45) is 2.35. The van der Waals surface area contributed by atoms with Crippen molar-refractivity contribution in [3.05, 3.63) is 57.6 Å². The molecule has 148 valence electrons. The second-order valence-electron chi connectivity index (χ2n) is 6.49. The fourth-order valence-electron chi connectivity index (χ4n) is 2.64. The average Bonchev–Trinajstić information content (AvgIpc) is 3.44. The van der Waals surface area contributed by atoms with E-state index in [1.807, 2.05) is 0 Å². The molecule has 1 aliphatic rings. The summed E-state index contributed by atoms with van der Waals surface area (Å²) in [7, 11) is 0. The lowest BCUT2D eigenvalue weighted by atomic mass is 10.0. The van der Waals surface area contributed by atoms with Gasteiger partial charge in [0.25, 0.3) is 5.91 Å². The molecule has 1 fully saturated rings. The van der Waals surface area contributed by atoms with E-state index in [1.54, 1.807) is 36.4 Å². The van der Waals surface area contributed by atoms with E-state index in [4.69, 9.17) is 37.8 Å². The first-order chi connectivity index (χ1) is 13.4. The molecule has 6 nitrogen and oxygen atoms in total. The Morgan fingerprint density at radius 1 is 0.964 bits per heavy atom. The number of aliphatic carboxylic acids is 1. The minimum atomic E-state index is -1.07. The van der Waals surface area contributed by atoms with Crippen molar-refractivity contribution in [2.75, 3.05) is 13.2 Å². The van der Waals surface area contributed by atoms with Crippen molar-refractivity contribution in [2.24, 2.45) is 0 Å². The van der Waals surface area contributed by atoms with E-state index in [0.29, 0.717) is 33.5 Å². The van der Waals surface area contributed by atoms with Gasteiger partial charge in [-0.2, -0.15) is 0 Å². The Morgan fingerprint density at radius 3 is 2.00 bits per heavy atom. The van der Waals surface area contributed by atoms with E-state index in [0.717, 1.165) is 18.4 Å². The normalized spacial score (nSPS) is 13.1. The third-order valence-corrected chi connectivity index (χ3v) is 4.55. The number of carboxylic acids is 1. The summed E-state index contributed by atoms with van der Waals surface area (Å²) in [4.78, 5) is 22.7. The quantitative estimate of drug-likeness (QED) is 0.641. The largest absolute Gasteiger partial charge is 0.483 e. The van der Waals surface area contributed by atoms with Crippen LogP contribution in [0.1, 0.15) is 24.0 Å². The van der Waals surface area contributed by atoms with E-state index in [9.17, 15) is 9.59 Å². The fraction of sp³-hybridized carbons (Fsp3) is 0.300. The third kappa shape index (κ3) is 6.04. The first-order valence-electron chi connectivity index (χ1n) is 8.74. The van der Waals surface area contributed by atoms with E-state index in [1.165, 1.54) is 0 Å². The SMILES string of the molecule is O=C(O)COc1ccc(Cl)cc1Cc1cc(Cl)ccc1OCC(=O)NC1CC1. The van der Waals surface area contributed by atoms with Crippen molar-refractivity contribution < 1.29 is 24.2 Å². The lowest BCUT2D eigenvalue weighted by Gasteiger charge is -2.15. The minimum absolute atomic E-state index is 0.0942. The number of halogens is 2. The molecule has 0 unspecified atom stereocenters. The zero-order valence-corrected chi connectivity index (χ0v) is 16.4. The minimum Gasteiger partial charge on any atom is -0.483 e. The number of carboxylic acid groups (broad SMARTS) is 1. The number of amides is 1. The second kappa shape index (κ2) is 9.17. The molecule has 0 aromatic heterocycles. The lowest BCUT2D eigenvalue weighted by Crippen LogP contribution is -2.30. The molecule has 0 radical (unpaired) electrons. The van der Waals surface area contributed by atoms with Crippen LogP contribution >= 0.6 is 23.2 Å². The van der Waals surface area contributed by atoms with Gasteiger partial charge in [-0.3, -0.25) is 4.79 Å². The van der Waals surface area contributed by atoms with Crippen LogP contribution in [-0.4, -0.2) is 36.2 Å². The topological polar surface area (TPSA) is 84.9 Å². The molecule has 8 heteroatoms.